The van der Waals surface area contributed by atoms with Crippen molar-refractivity contribution < 1.29 is 30.5 Å². The van der Waals surface area contributed by atoms with Crippen molar-refractivity contribution in [2.75, 3.05) is 18.8 Å². The number of benzene rings is 1. The van der Waals surface area contributed by atoms with Crippen LogP contribution in [0.5, 0.6) is 0 Å². The summed E-state index contributed by atoms with van der Waals surface area (Å²) in [6.45, 7) is 0.156. The Morgan fingerprint density at radius 2 is 1.81 bits per heavy atom. The molecule has 9 heteroatoms. The standard InChI is InChI=1S/C12H15NO6S2/c14-20(15,16)9-12(21(17,18)19)8-13-6-5-10-3-1-2-4-11(10)7-13/h1-4,7,12H,5-6,8-9H2,(H-,14,15,16,17,18,19)/p-1. The Hall–Kier alpha value is -1.29. The molecule has 1 aliphatic heterocycles. The maximum atomic E-state index is 11.1. The summed E-state index contributed by atoms with van der Waals surface area (Å²) in [7, 11) is -9.65. The predicted molar refractivity (Wildman–Crippen MR) is 73.4 cm³/mol. The molecule has 1 atom stereocenters. The molecule has 1 heterocycles. The second-order valence-electron chi connectivity index (χ2n) is 4.91. The van der Waals surface area contributed by atoms with E-state index in [4.69, 9.17) is 0 Å². The Labute approximate surface area is 123 Å². The predicted octanol–water partition coefficient (Wildman–Crippen LogP) is -0.867. The van der Waals surface area contributed by atoms with Crippen LogP contribution in [-0.4, -0.2) is 60.8 Å². The van der Waals surface area contributed by atoms with E-state index in [0.717, 1.165) is 11.1 Å². The summed E-state index contributed by atoms with van der Waals surface area (Å²) in [5.74, 6) is -1.20. The van der Waals surface area contributed by atoms with E-state index < -0.39 is 31.2 Å². The Kier molecular flexibility index (Phi) is 4.47. The minimum atomic E-state index is -4.87. The molecule has 21 heavy (non-hydrogen) atoms. The monoisotopic (exact) mass is 332 g/mol. The smallest absolute Gasteiger partial charge is 0.171 e. The lowest BCUT2D eigenvalue weighted by Gasteiger charge is -2.22. The molecule has 1 aromatic carbocycles. The van der Waals surface area contributed by atoms with Crippen LogP contribution in [0.25, 0.3) is 0 Å². The van der Waals surface area contributed by atoms with Crippen LogP contribution in [0.15, 0.2) is 24.3 Å². The molecule has 0 fully saturated rings. The molecule has 7 nitrogen and oxygen atoms in total. The summed E-state index contributed by atoms with van der Waals surface area (Å²) in [4.78, 5) is 0. The lowest BCUT2D eigenvalue weighted by molar-refractivity contribution is -0.523. The van der Waals surface area contributed by atoms with Crippen LogP contribution < -0.4 is 0 Å². The second-order valence-corrected chi connectivity index (χ2v) is 8.01. The van der Waals surface area contributed by atoms with Crippen molar-refractivity contribution in [1.29, 1.82) is 0 Å². The first-order valence-corrected chi connectivity index (χ1v) is 9.25. The molecule has 0 saturated carbocycles. The second kappa shape index (κ2) is 5.84. The van der Waals surface area contributed by atoms with E-state index in [1.54, 1.807) is 10.8 Å². The molecule has 0 amide bonds. The lowest BCUT2D eigenvalue weighted by Crippen LogP contribution is -2.39. The van der Waals surface area contributed by atoms with Gasteiger partial charge in [-0.1, -0.05) is 18.2 Å². The SMILES string of the molecule is O=S(=O)([O-])CC(C[N+]1=Cc2ccccc2CC1)S(=O)(=O)[O-]. The Bertz CT molecular complexity index is 767. The van der Waals surface area contributed by atoms with Gasteiger partial charge in [-0.2, -0.15) is 0 Å². The first kappa shape index (κ1) is 16.1. The van der Waals surface area contributed by atoms with Gasteiger partial charge in [-0.3, -0.25) is 0 Å². The van der Waals surface area contributed by atoms with Crippen LogP contribution in [0.3, 0.4) is 0 Å². The van der Waals surface area contributed by atoms with E-state index in [1.165, 1.54) is 0 Å². The fourth-order valence-electron chi connectivity index (χ4n) is 2.27. The Morgan fingerprint density at radius 1 is 1.14 bits per heavy atom. The number of hydrogen-bond acceptors (Lipinski definition) is 6. The quantitative estimate of drug-likeness (QED) is 0.511. The van der Waals surface area contributed by atoms with Gasteiger partial charge < -0.3 is 9.11 Å². The van der Waals surface area contributed by atoms with Crippen LogP contribution in [-0.2, 0) is 26.7 Å². The maximum Gasteiger partial charge on any atom is 0.171 e. The summed E-state index contributed by atoms with van der Waals surface area (Å²) in [5, 5.41) is -1.76. The average Bonchev–Trinajstić information content (AvgIpc) is 2.35. The van der Waals surface area contributed by atoms with E-state index in [9.17, 15) is 25.9 Å². The van der Waals surface area contributed by atoms with Gasteiger partial charge in [0, 0.05) is 12.0 Å². The van der Waals surface area contributed by atoms with Crippen LogP contribution in [0.2, 0.25) is 0 Å². The molecule has 0 saturated heterocycles. The van der Waals surface area contributed by atoms with Crippen molar-refractivity contribution in [2.45, 2.75) is 11.7 Å². The highest BCUT2D eigenvalue weighted by Gasteiger charge is 2.26. The first-order valence-electron chi connectivity index (χ1n) is 6.20. The van der Waals surface area contributed by atoms with E-state index >= 15 is 0 Å². The zero-order valence-corrected chi connectivity index (χ0v) is 12.6. The Morgan fingerprint density at radius 3 is 2.43 bits per heavy atom. The molecule has 0 radical (unpaired) electrons. The minimum absolute atomic E-state index is 0.304. The fourth-order valence-corrected chi connectivity index (χ4v) is 4.38. The number of rotatable bonds is 5. The molecule has 0 bridgehead atoms. The largest absolute Gasteiger partial charge is 0.748 e. The van der Waals surface area contributed by atoms with Crippen LogP contribution >= 0.6 is 0 Å². The number of nitrogens with zero attached hydrogens (tertiary/aromatic N) is 1. The van der Waals surface area contributed by atoms with Crippen molar-refractivity contribution in [2.24, 2.45) is 0 Å². The van der Waals surface area contributed by atoms with Gasteiger partial charge in [0.25, 0.3) is 0 Å². The fraction of sp³-hybridized carbons (Fsp3) is 0.417. The summed E-state index contributed by atoms with van der Waals surface area (Å²) in [6, 6.07) is 7.49. The van der Waals surface area contributed by atoms with E-state index in [1.807, 2.05) is 24.3 Å². The highest BCUT2D eigenvalue weighted by molar-refractivity contribution is 7.90. The maximum absolute atomic E-state index is 11.1. The molecule has 0 N–H and O–H groups in total. The van der Waals surface area contributed by atoms with Crippen molar-refractivity contribution in [1.82, 2.24) is 0 Å². The van der Waals surface area contributed by atoms with Gasteiger partial charge in [0.2, 0.25) is 0 Å². The topological polar surface area (TPSA) is 117 Å². The van der Waals surface area contributed by atoms with Gasteiger partial charge in [-0.15, -0.1) is 0 Å². The van der Waals surface area contributed by atoms with Crippen LogP contribution in [0, 0.1) is 0 Å². The van der Waals surface area contributed by atoms with Gasteiger partial charge in [0.15, 0.2) is 12.8 Å². The van der Waals surface area contributed by atoms with Gasteiger partial charge in [-0.25, -0.2) is 21.4 Å². The summed E-state index contributed by atoms with van der Waals surface area (Å²) < 4.78 is 67.2. The average molecular weight is 332 g/mol. The van der Waals surface area contributed by atoms with Crippen molar-refractivity contribution >= 4 is 26.5 Å². The minimum Gasteiger partial charge on any atom is -0.748 e. The third-order valence-electron chi connectivity index (χ3n) is 3.28. The van der Waals surface area contributed by atoms with Crippen LogP contribution in [0.4, 0.5) is 0 Å². The third kappa shape index (κ3) is 4.60. The van der Waals surface area contributed by atoms with Crippen molar-refractivity contribution in [3.63, 3.8) is 0 Å². The van der Waals surface area contributed by atoms with Gasteiger partial charge in [0.1, 0.15) is 21.9 Å². The summed E-state index contributed by atoms with van der Waals surface area (Å²) >= 11 is 0. The molecule has 0 spiro atoms. The van der Waals surface area contributed by atoms with Crippen molar-refractivity contribution in [3.8, 4) is 0 Å². The zero-order chi connectivity index (χ0) is 15.7. The van der Waals surface area contributed by atoms with E-state index in [0.29, 0.717) is 13.0 Å². The van der Waals surface area contributed by atoms with Crippen molar-refractivity contribution in [3.05, 3.63) is 35.4 Å². The molecular weight excluding hydrogens is 318 g/mol. The molecule has 116 valence electrons. The zero-order valence-electron chi connectivity index (χ0n) is 11.0. The van der Waals surface area contributed by atoms with Crippen LogP contribution in [0.1, 0.15) is 11.1 Å². The normalized spacial score (nSPS) is 17.0. The first-order chi connectivity index (χ1) is 9.65. The summed E-state index contributed by atoms with van der Waals surface area (Å²) in [6.07, 6.45) is 2.33. The third-order valence-corrected chi connectivity index (χ3v) is 5.44. The summed E-state index contributed by atoms with van der Waals surface area (Å²) in [5.41, 5.74) is 1.97. The number of hydrogen-bond donors (Lipinski definition) is 0. The van der Waals surface area contributed by atoms with Gasteiger partial charge >= 0.3 is 0 Å². The number of fused-ring (bicyclic) bond motifs is 1. The highest BCUT2D eigenvalue weighted by Crippen LogP contribution is 2.12. The molecular formula is C12H14NO6S2-. The van der Waals surface area contributed by atoms with Gasteiger partial charge in [0.05, 0.1) is 15.9 Å². The van der Waals surface area contributed by atoms with Gasteiger partial charge in [-0.05, 0) is 11.6 Å². The molecule has 2 rings (SSSR count). The molecule has 1 aromatic rings. The highest BCUT2D eigenvalue weighted by atomic mass is 32.2. The molecule has 1 unspecified atom stereocenters. The molecule has 1 aliphatic rings. The molecule has 0 aromatic heterocycles. The Balaban J connectivity index is 2.25. The van der Waals surface area contributed by atoms with E-state index in [2.05, 4.69) is 0 Å². The lowest BCUT2D eigenvalue weighted by atomic mass is 10.0. The molecule has 0 aliphatic carbocycles. The van der Waals surface area contributed by atoms with E-state index in [-0.39, 0.29) is 6.54 Å².